The maximum Gasteiger partial charge on any atom is 0.0232 e. The molecule has 0 aromatic heterocycles. The molecule has 0 aromatic rings. The molecule has 1 aliphatic carbocycles. The minimum absolute atomic E-state index is 0.822. The van der Waals surface area contributed by atoms with Crippen LogP contribution in [0.3, 0.4) is 0 Å². The highest BCUT2D eigenvalue weighted by Crippen LogP contribution is 2.31. The van der Waals surface area contributed by atoms with E-state index in [0.717, 1.165) is 18.0 Å². The molecular formula is C10H20N2. The second kappa shape index (κ2) is 3.35. The highest BCUT2D eigenvalue weighted by molar-refractivity contribution is 4.89. The zero-order valence-corrected chi connectivity index (χ0v) is 8.21. The van der Waals surface area contributed by atoms with E-state index in [2.05, 4.69) is 24.2 Å². The van der Waals surface area contributed by atoms with Crippen molar-refractivity contribution in [3.8, 4) is 0 Å². The Labute approximate surface area is 75.3 Å². The molecule has 12 heavy (non-hydrogen) atoms. The molecule has 1 heterocycles. The molecule has 0 amide bonds. The largest absolute Gasteiger partial charge is 0.315 e. The van der Waals surface area contributed by atoms with Gasteiger partial charge in [0.05, 0.1) is 0 Å². The highest BCUT2D eigenvalue weighted by Gasteiger charge is 2.32. The van der Waals surface area contributed by atoms with Gasteiger partial charge in [0.2, 0.25) is 0 Å². The Kier molecular flexibility index (Phi) is 2.37. The van der Waals surface area contributed by atoms with Crippen LogP contribution in [-0.4, -0.2) is 37.1 Å². The third-order valence-electron chi connectivity index (χ3n) is 3.54. The van der Waals surface area contributed by atoms with Gasteiger partial charge in [0.1, 0.15) is 0 Å². The molecule has 2 fully saturated rings. The van der Waals surface area contributed by atoms with Crippen LogP contribution in [0.2, 0.25) is 0 Å². The summed E-state index contributed by atoms with van der Waals surface area (Å²) < 4.78 is 0. The van der Waals surface area contributed by atoms with Gasteiger partial charge < -0.3 is 5.32 Å². The second-order valence-corrected chi connectivity index (χ2v) is 4.54. The maximum absolute atomic E-state index is 3.43. The van der Waals surface area contributed by atoms with Crippen molar-refractivity contribution in [2.75, 3.05) is 20.1 Å². The van der Waals surface area contributed by atoms with Crippen molar-refractivity contribution in [1.82, 2.24) is 10.2 Å². The third-order valence-corrected chi connectivity index (χ3v) is 3.54. The van der Waals surface area contributed by atoms with Gasteiger partial charge in [0, 0.05) is 18.6 Å². The molecule has 2 aliphatic rings. The van der Waals surface area contributed by atoms with Gasteiger partial charge in [0.15, 0.2) is 0 Å². The van der Waals surface area contributed by atoms with Gasteiger partial charge in [0.25, 0.3) is 0 Å². The quantitative estimate of drug-likeness (QED) is 0.663. The van der Waals surface area contributed by atoms with Gasteiger partial charge in [-0.05, 0) is 38.8 Å². The molecule has 2 heteroatoms. The van der Waals surface area contributed by atoms with E-state index in [1.165, 1.54) is 32.4 Å². The first kappa shape index (κ1) is 8.52. The Morgan fingerprint density at radius 3 is 2.50 bits per heavy atom. The van der Waals surface area contributed by atoms with Gasteiger partial charge in [-0.15, -0.1) is 0 Å². The lowest BCUT2D eigenvalue weighted by atomic mass is 9.80. The topological polar surface area (TPSA) is 15.3 Å². The first-order valence-electron chi connectivity index (χ1n) is 5.20. The predicted molar refractivity (Wildman–Crippen MR) is 51.2 cm³/mol. The van der Waals surface area contributed by atoms with E-state index >= 15 is 0 Å². The standard InChI is InChI=1S/C10H20N2/c1-8-5-10(6-8)12(2)9-3-4-11-7-9/h8-11H,3-7H2,1-2H3. The molecule has 0 spiro atoms. The van der Waals surface area contributed by atoms with E-state index in [4.69, 9.17) is 0 Å². The lowest BCUT2D eigenvalue weighted by Crippen LogP contribution is -2.47. The van der Waals surface area contributed by atoms with Crippen LogP contribution in [0, 0.1) is 5.92 Å². The minimum atomic E-state index is 0.822. The summed E-state index contributed by atoms with van der Waals surface area (Å²) in [4.78, 5) is 2.60. The van der Waals surface area contributed by atoms with Crippen molar-refractivity contribution in [3.05, 3.63) is 0 Å². The lowest BCUT2D eigenvalue weighted by Gasteiger charge is -2.42. The SMILES string of the molecule is CC1CC(N(C)C2CCNC2)C1. The fourth-order valence-corrected chi connectivity index (χ4v) is 2.48. The summed E-state index contributed by atoms with van der Waals surface area (Å²) in [5.74, 6) is 0.979. The molecule has 0 bridgehead atoms. The number of hydrogen-bond acceptors (Lipinski definition) is 2. The minimum Gasteiger partial charge on any atom is -0.315 e. The second-order valence-electron chi connectivity index (χ2n) is 4.54. The molecule has 1 saturated heterocycles. The number of nitrogens with one attached hydrogen (secondary N) is 1. The van der Waals surface area contributed by atoms with Gasteiger partial charge in [-0.1, -0.05) is 6.92 Å². The summed E-state index contributed by atoms with van der Waals surface area (Å²) in [6.07, 6.45) is 4.20. The molecule has 1 N–H and O–H groups in total. The van der Waals surface area contributed by atoms with E-state index in [9.17, 15) is 0 Å². The summed E-state index contributed by atoms with van der Waals surface area (Å²) in [5.41, 5.74) is 0. The molecule has 0 radical (unpaired) electrons. The van der Waals surface area contributed by atoms with Gasteiger partial charge >= 0.3 is 0 Å². The molecule has 1 unspecified atom stereocenters. The van der Waals surface area contributed by atoms with Gasteiger partial charge in [-0.3, -0.25) is 4.90 Å². The predicted octanol–water partition coefficient (Wildman–Crippen LogP) is 1.08. The van der Waals surface area contributed by atoms with Crippen molar-refractivity contribution in [3.63, 3.8) is 0 Å². The number of hydrogen-bond donors (Lipinski definition) is 1. The van der Waals surface area contributed by atoms with E-state index in [1.807, 2.05) is 0 Å². The van der Waals surface area contributed by atoms with Crippen molar-refractivity contribution in [1.29, 1.82) is 0 Å². The van der Waals surface area contributed by atoms with Crippen LogP contribution in [-0.2, 0) is 0 Å². The molecular weight excluding hydrogens is 148 g/mol. The molecule has 1 atom stereocenters. The van der Waals surface area contributed by atoms with Crippen LogP contribution in [0.15, 0.2) is 0 Å². The number of likely N-dealkylation sites (N-methyl/N-ethyl adjacent to an activating group) is 1. The molecule has 70 valence electrons. The Bertz CT molecular complexity index is 146. The fourth-order valence-electron chi connectivity index (χ4n) is 2.48. The van der Waals surface area contributed by atoms with Crippen LogP contribution in [0.1, 0.15) is 26.2 Å². The molecule has 2 rings (SSSR count). The first-order valence-corrected chi connectivity index (χ1v) is 5.20. The van der Waals surface area contributed by atoms with Crippen LogP contribution in [0.25, 0.3) is 0 Å². The van der Waals surface area contributed by atoms with E-state index in [1.54, 1.807) is 0 Å². The Hall–Kier alpha value is -0.0800. The molecule has 0 aromatic carbocycles. The normalized spacial score (nSPS) is 41.8. The van der Waals surface area contributed by atoms with Crippen LogP contribution in [0.5, 0.6) is 0 Å². The van der Waals surface area contributed by atoms with Gasteiger partial charge in [-0.2, -0.15) is 0 Å². The first-order chi connectivity index (χ1) is 5.77. The van der Waals surface area contributed by atoms with Crippen molar-refractivity contribution >= 4 is 0 Å². The van der Waals surface area contributed by atoms with Crippen LogP contribution in [0.4, 0.5) is 0 Å². The molecule has 1 aliphatic heterocycles. The average Bonchev–Trinajstić information content (AvgIpc) is 2.49. The Morgan fingerprint density at radius 1 is 1.25 bits per heavy atom. The fraction of sp³-hybridized carbons (Fsp3) is 1.00. The lowest BCUT2D eigenvalue weighted by molar-refractivity contribution is 0.0794. The van der Waals surface area contributed by atoms with Crippen molar-refractivity contribution in [2.45, 2.75) is 38.3 Å². The summed E-state index contributed by atoms with van der Waals surface area (Å²) in [7, 11) is 2.30. The number of rotatable bonds is 2. The van der Waals surface area contributed by atoms with E-state index in [0.29, 0.717) is 0 Å². The van der Waals surface area contributed by atoms with Crippen molar-refractivity contribution in [2.24, 2.45) is 5.92 Å². The van der Waals surface area contributed by atoms with E-state index in [-0.39, 0.29) is 0 Å². The smallest absolute Gasteiger partial charge is 0.0232 e. The zero-order chi connectivity index (χ0) is 8.55. The molecule has 1 saturated carbocycles. The van der Waals surface area contributed by atoms with Crippen LogP contribution >= 0.6 is 0 Å². The molecule has 2 nitrogen and oxygen atoms in total. The summed E-state index contributed by atoms with van der Waals surface area (Å²) in [6.45, 7) is 4.79. The monoisotopic (exact) mass is 168 g/mol. The summed E-state index contributed by atoms with van der Waals surface area (Å²) >= 11 is 0. The Morgan fingerprint density at radius 2 is 2.00 bits per heavy atom. The zero-order valence-electron chi connectivity index (χ0n) is 8.21. The summed E-state index contributed by atoms with van der Waals surface area (Å²) in [6, 6.07) is 1.72. The average molecular weight is 168 g/mol. The van der Waals surface area contributed by atoms with E-state index < -0.39 is 0 Å². The van der Waals surface area contributed by atoms with Crippen molar-refractivity contribution < 1.29 is 0 Å². The highest BCUT2D eigenvalue weighted by atomic mass is 15.2. The Balaban J connectivity index is 1.79. The maximum atomic E-state index is 3.43. The number of nitrogens with zero attached hydrogens (tertiary/aromatic N) is 1. The van der Waals surface area contributed by atoms with Gasteiger partial charge in [-0.25, -0.2) is 0 Å². The third kappa shape index (κ3) is 1.50. The van der Waals surface area contributed by atoms with Crippen LogP contribution < -0.4 is 5.32 Å². The summed E-state index contributed by atoms with van der Waals surface area (Å²) in [5, 5.41) is 3.43.